The number of ether oxygens (including phenoxy) is 1. The van der Waals surface area contributed by atoms with Gasteiger partial charge in [0.25, 0.3) is 0 Å². The first kappa shape index (κ1) is 11.5. The van der Waals surface area contributed by atoms with Crippen molar-refractivity contribution in [3.8, 4) is 5.75 Å². The fourth-order valence-corrected chi connectivity index (χ4v) is 1.20. The van der Waals surface area contributed by atoms with Gasteiger partial charge in [-0.3, -0.25) is 4.79 Å². The molecule has 4 heteroatoms. The van der Waals surface area contributed by atoms with Crippen LogP contribution < -0.4 is 4.74 Å². The molecule has 82 valence electrons. The van der Waals surface area contributed by atoms with E-state index in [0.717, 1.165) is 6.42 Å². The molecule has 0 aromatic heterocycles. The van der Waals surface area contributed by atoms with E-state index in [1.54, 1.807) is 0 Å². The van der Waals surface area contributed by atoms with Crippen molar-refractivity contribution in [2.75, 3.05) is 6.61 Å². The normalized spacial score (nSPS) is 10.0. The van der Waals surface area contributed by atoms with E-state index in [4.69, 9.17) is 9.84 Å². The second kappa shape index (κ2) is 5.34. The molecule has 0 radical (unpaired) electrons. The molecule has 15 heavy (non-hydrogen) atoms. The summed E-state index contributed by atoms with van der Waals surface area (Å²) in [6.07, 6.45) is 0.598. The van der Waals surface area contributed by atoms with E-state index >= 15 is 0 Å². The predicted octanol–water partition coefficient (Wildman–Crippen LogP) is 2.24. The van der Waals surface area contributed by atoms with E-state index < -0.39 is 11.8 Å². The van der Waals surface area contributed by atoms with E-state index in [1.807, 2.05) is 6.92 Å². The lowest BCUT2D eigenvalue weighted by Gasteiger charge is -2.09. The zero-order chi connectivity index (χ0) is 11.3. The van der Waals surface area contributed by atoms with Crippen molar-refractivity contribution in [3.63, 3.8) is 0 Å². The van der Waals surface area contributed by atoms with E-state index in [-0.39, 0.29) is 6.42 Å². The average molecular weight is 212 g/mol. The number of aliphatic carboxylic acids is 1. The summed E-state index contributed by atoms with van der Waals surface area (Å²) in [5, 5.41) is 8.63. The van der Waals surface area contributed by atoms with Gasteiger partial charge in [0.05, 0.1) is 13.0 Å². The number of carboxylic acid groups (broad SMARTS) is 1. The fourth-order valence-electron chi connectivity index (χ4n) is 1.20. The van der Waals surface area contributed by atoms with Crippen molar-refractivity contribution in [2.45, 2.75) is 19.8 Å². The second-order valence-corrected chi connectivity index (χ2v) is 3.17. The molecule has 0 aliphatic rings. The first-order valence-corrected chi connectivity index (χ1v) is 4.76. The lowest BCUT2D eigenvalue weighted by molar-refractivity contribution is -0.136. The Morgan fingerprint density at radius 2 is 2.27 bits per heavy atom. The lowest BCUT2D eigenvalue weighted by atomic mass is 10.1. The average Bonchev–Trinajstić information content (AvgIpc) is 2.16. The zero-order valence-electron chi connectivity index (χ0n) is 8.50. The number of carbonyl (C=O) groups is 1. The molecule has 0 bridgehead atoms. The summed E-state index contributed by atoms with van der Waals surface area (Å²) in [5.41, 5.74) is 0.371. The van der Waals surface area contributed by atoms with E-state index in [1.165, 1.54) is 18.2 Å². The zero-order valence-corrected chi connectivity index (χ0v) is 8.50. The van der Waals surface area contributed by atoms with Crippen molar-refractivity contribution in [1.29, 1.82) is 0 Å². The molecule has 0 spiro atoms. The number of benzene rings is 1. The van der Waals surface area contributed by atoms with Gasteiger partial charge < -0.3 is 9.84 Å². The molecule has 0 saturated carbocycles. The van der Waals surface area contributed by atoms with Gasteiger partial charge in [0, 0.05) is 5.56 Å². The van der Waals surface area contributed by atoms with Crippen LogP contribution in [0.25, 0.3) is 0 Å². The van der Waals surface area contributed by atoms with Gasteiger partial charge in [-0.2, -0.15) is 0 Å². The van der Waals surface area contributed by atoms with Gasteiger partial charge in [-0.1, -0.05) is 6.92 Å². The number of rotatable bonds is 5. The Labute approximate surface area is 87.5 Å². The molecule has 0 amide bonds. The monoisotopic (exact) mass is 212 g/mol. The second-order valence-electron chi connectivity index (χ2n) is 3.17. The van der Waals surface area contributed by atoms with Crippen molar-refractivity contribution < 1.29 is 19.0 Å². The Morgan fingerprint density at radius 3 is 2.87 bits per heavy atom. The van der Waals surface area contributed by atoms with Crippen LogP contribution in [0.1, 0.15) is 18.9 Å². The van der Waals surface area contributed by atoms with Crippen LogP contribution in [0.15, 0.2) is 18.2 Å². The molecule has 0 aliphatic carbocycles. The smallest absolute Gasteiger partial charge is 0.307 e. The molecule has 0 fully saturated rings. The largest absolute Gasteiger partial charge is 0.493 e. The van der Waals surface area contributed by atoms with Gasteiger partial charge in [-0.05, 0) is 24.6 Å². The molecule has 0 atom stereocenters. The summed E-state index contributed by atoms with van der Waals surface area (Å²) in [7, 11) is 0. The maximum absolute atomic E-state index is 12.9. The number of hydrogen-bond donors (Lipinski definition) is 1. The highest BCUT2D eigenvalue weighted by Crippen LogP contribution is 2.20. The third kappa shape index (κ3) is 3.58. The minimum Gasteiger partial charge on any atom is -0.493 e. The minimum absolute atomic E-state index is 0.225. The molecule has 0 saturated heterocycles. The quantitative estimate of drug-likeness (QED) is 0.814. The highest BCUT2D eigenvalue weighted by Gasteiger charge is 2.09. The van der Waals surface area contributed by atoms with Crippen LogP contribution in [-0.4, -0.2) is 17.7 Å². The lowest BCUT2D eigenvalue weighted by Crippen LogP contribution is -2.05. The number of halogens is 1. The Bertz CT molecular complexity index is 350. The van der Waals surface area contributed by atoms with Crippen LogP contribution in [-0.2, 0) is 11.2 Å². The van der Waals surface area contributed by atoms with E-state index in [9.17, 15) is 9.18 Å². The van der Waals surface area contributed by atoms with Crippen LogP contribution in [0.5, 0.6) is 5.75 Å². The highest BCUT2D eigenvalue weighted by atomic mass is 19.1. The molecule has 1 rings (SSSR count). The van der Waals surface area contributed by atoms with Crippen molar-refractivity contribution in [3.05, 3.63) is 29.6 Å². The number of hydrogen-bond acceptors (Lipinski definition) is 2. The third-order valence-corrected chi connectivity index (χ3v) is 1.83. The Kier molecular flexibility index (Phi) is 4.09. The summed E-state index contributed by atoms with van der Waals surface area (Å²) < 4.78 is 18.2. The Balaban J connectivity index is 2.87. The van der Waals surface area contributed by atoms with Crippen molar-refractivity contribution in [1.82, 2.24) is 0 Å². The van der Waals surface area contributed by atoms with Gasteiger partial charge in [0.2, 0.25) is 0 Å². The molecule has 1 aromatic rings. The fraction of sp³-hybridized carbons (Fsp3) is 0.364. The summed E-state index contributed by atoms with van der Waals surface area (Å²) >= 11 is 0. The first-order valence-electron chi connectivity index (χ1n) is 4.76. The van der Waals surface area contributed by atoms with E-state index in [0.29, 0.717) is 17.9 Å². The summed E-state index contributed by atoms with van der Waals surface area (Å²) in [6, 6.07) is 3.92. The molecular weight excluding hydrogens is 199 g/mol. The van der Waals surface area contributed by atoms with Crippen molar-refractivity contribution >= 4 is 5.97 Å². The van der Waals surface area contributed by atoms with Crippen LogP contribution in [0, 0.1) is 5.82 Å². The summed E-state index contributed by atoms with van der Waals surface area (Å²) in [5.74, 6) is -1.00. The van der Waals surface area contributed by atoms with E-state index in [2.05, 4.69) is 0 Å². The topological polar surface area (TPSA) is 46.5 Å². The Morgan fingerprint density at radius 1 is 1.53 bits per heavy atom. The van der Waals surface area contributed by atoms with Crippen LogP contribution in [0.4, 0.5) is 4.39 Å². The molecular formula is C11H13FO3. The molecule has 0 heterocycles. The van der Waals surface area contributed by atoms with Crippen LogP contribution in [0.3, 0.4) is 0 Å². The molecule has 3 nitrogen and oxygen atoms in total. The summed E-state index contributed by atoms with van der Waals surface area (Å²) in [6.45, 7) is 2.44. The SMILES string of the molecule is CCCOc1ccc(F)cc1CC(=O)O. The van der Waals surface area contributed by atoms with Crippen LogP contribution in [0.2, 0.25) is 0 Å². The third-order valence-electron chi connectivity index (χ3n) is 1.83. The van der Waals surface area contributed by atoms with Gasteiger partial charge >= 0.3 is 5.97 Å². The first-order chi connectivity index (χ1) is 7.13. The highest BCUT2D eigenvalue weighted by molar-refractivity contribution is 5.71. The Hall–Kier alpha value is -1.58. The molecule has 0 unspecified atom stereocenters. The minimum atomic E-state index is -0.998. The maximum atomic E-state index is 12.9. The standard InChI is InChI=1S/C11H13FO3/c1-2-5-15-10-4-3-9(12)6-8(10)7-11(13)14/h3-4,6H,2,5,7H2,1H3,(H,13,14). The van der Waals surface area contributed by atoms with Crippen molar-refractivity contribution in [2.24, 2.45) is 0 Å². The summed E-state index contributed by atoms with van der Waals surface area (Å²) in [4.78, 5) is 10.5. The van der Waals surface area contributed by atoms with Gasteiger partial charge in [0.1, 0.15) is 11.6 Å². The molecule has 0 aliphatic heterocycles. The predicted molar refractivity (Wildman–Crippen MR) is 53.5 cm³/mol. The maximum Gasteiger partial charge on any atom is 0.307 e. The van der Waals surface area contributed by atoms with Gasteiger partial charge in [-0.15, -0.1) is 0 Å². The molecule has 1 aromatic carbocycles. The number of carboxylic acids is 1. The van der Waals surface area contributed by atoms with Crippen LogP contribution >= 0.6 is 0 Å². The molecule has 1 N–H and O–H groups in total. The van der Waals surface area contributed by atoms with Gasteiger partial charge in [0.15, 0.2) is 0 Å². The van der Waals surface area contributed by atoms with Gasteiger partial charge in [-0.25, -0.2) is 4.39 Å².